The van der Waals surface area contributed by atoms with E-state index in [1.54, 1.807) is 6.92 Å². The molecule has 0 aliphatic carbocycles. The van der Waals surface area contributed by atoms with Crippen molar-refractivity contribution < 1.29 is 37.6 Å². The van der Waals surface area contributed by atoms with Crippen LogP contribution in [0.25, 0.3) is 0 Å². The molecule has 0 aromatic carbocycles. The van der Waals surface area contributed by atoms with Crippen molar-refractivity contribution in [3.8, 4) is 0 Å². The Bertz CT molecular complexity index is 952. The number of allylic oxidation sites excluding steroid dienone is 4. The monoisotopic (exact) mass is 799 g/mol. The van der Waals surface area contributed by atoms with Gasteiger partial charge in [0.2, 0.25) is 0 Å². The lowest BCUT2D eigenvalue weighted by atomic mass is 10.0. The van der Waals surface area contributed by atoms with Gasteiger partial charge in [0.25, 0.3) is 0 Å². The van der Waals surface area contributed by atoms with Gasteiger partial charge in [-0.3, -0.25) is 18.6 Å². The lowest BCUT2D eigenvalue weighted by Crippen LogP contribution is -2.29. The minimum Gasteiger partial charge on any atom is -0.462 e. The van der Waals surface area contributed by atoms with E-state index >= 15 is 0 Å². The molecule has 0 aliphatic rings. The van der Waals surface area contributed by atoms with Crippen LogP contribution in [0.1, 0.15) is 233 Å². The Morgan fingerprint density at radius 2 is 0.873 bits per heavy atom. The number of hydrogen-bond donors (Lipinski definition) is 1. The molecule has 0 bridgehead atoms. The van der Waals surface area contributed by atoms with Crippen molar-refractivity contribution in [3.63, 3.8) is 0 Å². The smallest absolute Gasteiger partial charge is 0.462 e. The third-order valence-electron chi connectivity index (χ3n) is 10.0. The van der Waals surface area contributed by atoms with Crippen LogP contribution in [-0.2, 0) is 32.7 Å². The first-order chi connectivity index (χ1) is 26.8. The summed E-state index contributed by atoms with van der Waals surface area (Å²) in [7, 11) is -4.28. The molecule has 1 N–H and O–H groups in total. The van der Waals surface area contributed by atoms with Crippen LogP contribution in [-0.4, -0.2) is 42.8 Å². The number of phosphoric ester groups is 1. The zero-order valence-electron chi connectivity index (χ0n) is 36.1. The normalized spacial score (nSPS) is 13.5. The number of esters is 2. The summed E-state index contributed by atoms with van der Waals surface area (Å²) in [5.41, 5.74) is 0. The van der Waals surface area contributed by atoms with Gasteiger partial charge in [0, 0.05) is 12.8 Å². The summed E-state index contributed by atoms with van der Waals surface area (Å²) in [5.74, 6) is -0.803. The summed E-state index contributed by atoms with van der Waals surface area (Å²) in [4.78, 5) is 34.8. The van der Waals surface area contributed by atoms with Crippen LogP contribution in [0, 0.1) is 0 Å². The molecule has 0 saturated carbocycles. The van der Waals surface area contributed by atoms with Crippen molar-refractivity contribution in [2.24, 2.45) is 0 Å². The lowest BCUT2D eigenvalue weighted by Gasteiger charge is -2.19. The van der Waals surface area contributed by atoms with Gasteiger partial charge in [-0.2, -0.15) is 0 Å². The molecule has 0 aromatic rings. The van der Waals surface area contributed by atoms with Gasteiger partial charge in [0.05, 0.1) is 13.2 Å². The maximum Gasteiger partial charge on any atom is 0.472 e. The minimum absolute atomic E-state index is 0.000453. The summed E-state index contributed by atoms with van der Waals surface area (Å²) in [6.07, 6.45) is 46.6. The fourth-order valence-corrected chi connectivity index (χ4v) is 7.36. The van der Waals surface area contributed by atoms with Crippen LogP contribution in [0.5, 0.6) is 0 Å². The van der Waals surface area contributed by atoms with Gasteiger partial charge in [-0.1, -0.05) is 192 Å². The molecule has 0 saturated heterocycles. The molecule has 0 aliphatic heterocycles. The Kier molecular flexibility index (Phi) is 41.0. The summed E-state index contributed by atoms with van der Waals surface area (Å²) >= 11 is 0. The fraction of sp³-hybridized carbons (Fsp3) is 0.870. The molecule has 2 unspecified atom stereocenters. The minimum atomic E-state index is -4.28. The van der Waals surface area contributed by atoms with Crippen LogP contribution < -0.4 is 0 Å². The van der Waals surface area contributed by atoms with Crippen LogP contribution in [0.15, 0.2) is 24.3 Å². The van der Waals surface area contributed by atoms with E-state index in [2.05, 4.69) is 38.2 Å². The standard InChI is InChI=1S/C46H87O8P/c1-4-7-9-11-13-15-17-19-21-23-24-25-27-28-30-32-34-36-38-40-45(47)51-42-44(43-53-55(49,50)52-6-3)54-46(48)41-39-37-35-33-31-29-26-22-20-18-16-14-12-10-8-5-2/h16,18,22,26,44H,4-15,17,19-21,23-25,27-43H2,1-3H3,(H,49,50)/b18-16-,26-22-. The third-order valence-corrected chi connectivity index (χ3v) is 11.1. The Labute approximate surface area is 339 Å². The van der Waals surface area contributed by atoms with Crippen molar-refractivity contribution in [1.29, 1.82) is 0 Å². The number of hydrogen-bond acceptors (Lipinski definition) is 7. The number of phosphoric acid groups is 1. The van der Waals surface area contributed by atoms with E-state index in [0.717, 1.165) is 57.8 Å². The topological polar surface area (TPSA) is 108 Å². The van der Waals surface area contributed by atoms with Crippen molar-refractivity contribution in [2.45, 2.75) is 239 Å². The first kappa shape index (κ1) is 53.5. The highest BCUT2D eigenvalue weighted by Crippen LogP contribution is 2.43. The largest absolute Gasteiger partial charge is 0.472 e. The second-order valence-electron chi connectivity index (χ2n) is 15.4. The van der Waals surface area contributed by atoms with Gasteiger partial charge in [-0.05, 0) is 51.9 Å². The van der Waals surface area contributed by atoms with E-state index in [4.69, 9.17) is 18.5 Å². The zero-order valence-corrected chi connectivity index (χ0v) is 37.0. The SMILES string of the molecule is CCCCCC/C=C\C/C=C\CCCCCCCC(=O)OC(COC(=O)CCCCCCCCCCCCCCCCCCCCC)COP(=O)(O)OCC. The third kappa shape index (κ3) is 42.0. The summed E-state index contributed by atoms with van der Waals surface area (Å²) in [6, 6.07) is 0. The zero-order chi connectivity index (χ0) is 40.3. The Morgan fingerprint density at radius 3 is 1.31 bits per heavy atom. The van der Waals surface area contributed by atoms with E-state index in [1.807, 2.05) is 0 Å². The molecule has 0 heterocycles. The molecule has 0 aromatic heterocycles. The predicted molar refractivity (Wildman–Crippen MR) is 230 cm³/mol. The molecule has 0 radical (unpaired) electrons. The fourth-order valence-electron chi connectivity index (χ4n) is 6.60. The summed E-state index contributed by atoms with van der Waals surface area (Å²) in [6.45, 7) is 5.48. The number of unbranched alkanes of at least 4 members (excludes halogenated alkanes) is 27. The molecule has 0 amide bonds. The van der Waals surface area contributed by atoms with Gasteiger partial charge in [-0.15, -0.1) is 0 Å². The van der Waals surface area contributed by atoms with E-state index in [1.165, 1.54) is 135 Å². The number of carbonyl (C=O) groups is 2. The van der Waals surface area contributed by atoms with Gasteiger partial charge in [0.15, 0.2) is 6.10 Å². The molecule has 2 atom stereocenters. The average molecular weight is 799 g/mol. The molecular weight excluding hydrogens is 711 g/mol. The second-order valence-corrected chi connectivity index (χ2v) is 16.9. The van der Waals surface area contributed by atoms with Crippen LogP contribution >= 0.6 is 7.82 Å². The highest BCUT2D eigenvalue weighted by molar-refractivity contribution is 7.47. The molecule has 0 fully saturated rings. The van der Waals surface area contributed by atoms with Gasteiger partial charge in [0.1, 0.15) is 6.61 Å². The molecular formula is C46H87O8P. The molecule has 324 valence electrons. The van der Waals surface area contributed by atoms with Gasteiger partial charge in [-0.25, -0.2) is 4.57 Å². The van der Waals surface area contributed by atoms with Gasteiger partial charge < -0.3 is 14.4 Å². The van der Waals surface area contributed by atoms with E-state index in [9.17, 15) is 19.0 Å². The molecule has 8 nitrogen and oxygen atoms in total. The van der Waals surface area contributed by atoms with E-state index in [0.29, 0.717) is 12.8 Å². The van der Waals surface area contributed by atoms with Crippen molar-refractivity contribution >= 4 is 19.8 Å². The molecule has 0 spiro atoms. The van der Waals surface area contributed by atoms with Crippen molar-refractivity contribution in [3.05, 3.63) is 24.3 Å². The van der Waals surface area contributed by atoms with Crippen LogP contribution in [0.4, 0.5) is 0 Å². The van der Waals surface area contributed by atoms with E-state index < -0.39 is 26.5 Å². The molecule has 55 heavy (non-hydrogen) atoms. The van der Waals surface area contributed by atoms with Crippen molar-refractivity contribution in [2.75, 3.05) is 19.8 Å². The van der Waals surface area contributed by atoms with E-state index in [-0.39, 0.29) is 25.6 Å². The second kappa shape index (κ2) is 42.1. The number of rotatable bonds is 43. The average Bonchev–Trinajstić information content (AvgIpc) is 3.16. The predicted octanol–water partition coefficient (Wildman–Crippen LogP) is 14.6. The quantitative estimate of drug-likeness (QED) is 0.0281. The van der Waals surface area contributed by atoms with Crippen LogP contribution in [0.2, 0.25) is 0 Å². The number of ether oxygens (including phenoxy) is 2. The maximum absolute atomic E-state index is 12.6. The Balaban J connectivity index is 4.03. The highest BCUT2D eigenvalue weighted by atomic mass is 31.2. The summed E-state index contributed by atoms with van der Waals surface area (Å²) < 4.78 is 32.7. The van der Waals surface area contributed by atoms with Crippen molar-refractivity contribution in [1.82, 2.24) is 0 Å². The first-order valence-electron chi connectivity index (χ1n) is 23.1. The first-order valence-corrected chi connectivity index (χ1v) is 24.6. The maximum atomic E-state index is 12.6. The van der Waals surface area contributed by atoms with Gasteiger partial charge >= 0.3 is 19.8 Å². The lowest BCUT2D eigenvalue weighted by molar-refractivity contribution is -0.161. The Hall–Kier alpha value is -1.47. The van der Waals surface area contributed by atoms with Crippen LogP contribution in [0.3, 0.4) is 0 Å². The number of carbonyl (C=O) groups excluding carboxylic acids is 2. The summed E-state index contributed by atoms with van der Waals surface area (Å²) in [5, 5.41) is 0. The Morgan fingerprint density at radius 1 is 0.491 bits per heavy atom. The highest BCUT2D eigenvalue weighted by Gasteiger charge is 2.25. The molecule has 0 rings (SSSR count). The molecule has 9 heteroatoms.